The van der Waals surface area contributed by atoms with E-state index in [-0.39, 0.29) is 14.2 Å². The second kappa shape index (κ2) is 4.86. The number of hydrogen-bond acceptors (Lipinski definition) is 7. The number of nitrogens with two attached hydrogens (primary N) is 1. The molecule has 0 radical (unpaired) electrons. The summed E-state index contributed by atoms with van der Waals surface area (Å²) in [5.41, 5.74) is 5.33. The molecule has 0 saturated carbocycles. The highest BCUT2D eigenvalue weighted by Gasteiger charge is 2.24. The van der Waals surface area contributed by atoms with Gasteiger partial charge in [0.25, 0.3) is 10.0 Å². The molecule has 1 aromatic heterocycles. The van der Waals surface area contributed by atoms with Crippen LogP contribution in [0.1, 0.15) is 13.8 Å². The summed E-state index contributed by atoms with van der Waals surface area (Å²) in [7, 11) is -3.58. The number of thioether (sulfide) groups is 1. The summed E-state index contributed by atoms with van der Waals surface area (Å²) in [6.07, 6.45) is 1.93. The lowest BCUT2D eigenvalue weighted by Gasteiger charge is -2.21. The number of rotatable bonds is 5. The zero-order valence-electron chi connectivity index (χ0n) is 9.22. The van der Waals surface area contributed by atoms with Crippen molar-refractivity contribution >= 4 is 38.3 Å². The molecule has 0 aromatic carbocycles. The Bertz CT molecular complexity index is 454. The number of sulfonamides is 1. The van der Waals surface area contributed by atoms with Gasteiger partial charge in [0.1, 0.15) is 0 Å². The van der Waals surface area contributed by atoms with Gasteiger partial charge in [0.2, 0.25) is 9.47 Å². The lowest BCUT2D eigenvalue weighted by Crippen LogP contribution is -2.36. The van der Waals surface area contributed by atoms with Crippen molar-refractivity contribution in [3.8, 4) is 0 Å². The van der Waals surface area contributed by atoms with E-state index in [0.717, 1.165) is 11.3 Å². The minimum atomic E-state index is -3.58. The molecular weight excluding hydrogens is 268 g/mol. The third-order valence-corrected chi connectivity index (χ3v) is 5.66. The van der Waals surface area contributed by atoms with Crippen LogP contribution in [-0.2, 0) is 10.0 Å². The Labute approximate surface area is 103 Å². The molecule has 0 unspecified atom stereocenters. The molecule has 1 rings (SSSR count). The third-order valence-electron chi connectivity index (χ3n) is 1.89. The van der Waals surface area contributed by atoms with Crippen molar-refractivity contribution in [2.45, 2.75) is 22.9 Å². The Morgan fingerprint density at radius 2 is 2.12 bits per heavy atom. The molecule has 1 aromatic rings. The van der Waals surface area contributed by atoms with E-state index < -0.39 is 10.0 Å². The van der Waals surface area contributed by atoms with Crippen LogP contribution in [0, 0.1) is 0 Å². The third kappa shape index (κ3) is 3.58. The Kier molecular flexibility index (Phi) is 4.16. The minimum absolute atomic E-state index is 0.0955. The van der Waals surface area contributed by atoms with Crippen LogP contribution >= 0.6 is 23.1 Å². The molecule has 0 aliphatic rings. The summed E-state index contributed by atoms with van der Waals surface area (Å²) < 4.78 is 25.7. The maximum absolute atomic E-state index is 11.7. The largest absolute Gasteiger partial charge is 0.374 e. The van der Waals surface area contributed by atoms with E-state index in [1.807, 2.05) is 20.1 Å². The molecular formula is C7H14N4O2S3. The molecule has 0 aliphatic carbocycles. The molecule has 9 heteroatoms. The molecule has 6 nitrogen and oxygen atoms in total. The van der Waals surface area contributed by atoms with Gasteiger partial charge in [0, 0.05) is 11.3 Å². The molecule has 0 amide bonds. The Balaban J connectivity index is 2.74. The number of hydrogen-bond donors (Lipinski definition) is 2. The first kappa shape index (κ1) is 13.7. The zero-order valence-corrected chi connectivity index (χ0v) is 11.7. The predicted molar refractivity (Wildman–Crippen MR) is 67.1 cm³/mol. The van der Waals surface area contributed by atoms with Crippen molar-refractivity contribution in [1.82, 2.24) is 14.9 Å². The molecule has 92 valence electrons. The van der Waals surface area contributed by atoms with Crippen molar-refractivity contribution in [3.05, 3.63) is 0 Å². The van der Waals surface area contributed by atoms with Crippen LogP contribution in [-0.4, -0.2) is 36.2 Å². The highest BCUT2D eigenvalue weighted by atomic mass is 32.2. The van der Waals surface area contributed by atoms with Gasteiger partial charge in [0.05, 0.1) is 0 Å². The van der Waals surface area contributed by atoms with E-state index in [0.29, 0.717) is 6.54 Å². The van der Waals surface area contributed by atoms with Crippen LogP contribution in [0.4, 0.5) is 5.13 Å². The molecule has 1 heterocycles. The van der Waals surface area contributed by atoms with Crippen LogP contribution in [0.3, 0.4) is 0 Å². The first-order chi connectivity index (χ1) is 7.27. The van der Waals surface area contributed by atoms with E-state index in [4.69, 9.17) is 5.73 Å². The summed E-state index contributed by atoms with van der Waals surface area (Å²) in [6, 6.07) is 0. The normalized spacial score (nSPS) is 12.9. The van der Waals surface area contributed by atoms with Gasteiger partial charge < -0.3 is 5.73 Å². The van der Waals surface area contributed by atoms with Gasteiger partial charge in [-0.3, -0.25) is 0 Å². The van der Waals surface area contributed by atoms with Crippen molar-refractivity contribution in [2.75, 3.05) is 18.5 Å². The van der Waals surface area contributed by atoms with E-state index in [1.54, 1.807) is 11.8 Å². The van der Waals surface area contributed by atoms with Gasteiger partial charge in [-0.15, -0.1) is 10.2 Å². The smallest absolute Gasteiger partial charge is 0.269 e. The van der Waals surface area contributed by atoms with Gasteiger partial charge in [-0.05, 0) is 20.1 Å². The Morgan fingerprint density at radius 3 is 2.56 bits per heavy atom. The van der Waals surface area contributed by atoms with E-state index >= 15 is 0 Å². The second-order valence-corrected chi connectivity index (χ2v) is 8.16. The highest BCUT2D eigenvalue weighted by molar-refractivity contribution is 8.00. The lowest BCUT2D eigenvalue weighted by molar-refractivity contribution is 0.569. The van der Waals surface area contributed by atoms with Crippen LogP contribution in [0.25, 0.3) is 0 Å². The van der Waals surface area contributed by atoms with E-state index in [2.05, 4.69) is 14.9 Å². The fraction of sp³-hybridized carbons (Fsp3) is 0.714. The Morgan fingerprint density at radius 1 is 1.50 bits per heavy atom. The molecule has 16 heavy (non-hydrogen) atoms. The Hall–Kier alpha value is -0.380. The number of nitrogens with one attached hydrogen (secondary N) is 1. The topological polar surface area (TPSA) is 98.0 Å². The average Bonchev–Trinajstić information content (AvgIpc) is 2.63. The quantitative estimate of drug-likeness (QED) is 0.818. The molecule has 0 saturated heterocycles. The molecule has 0 fully saturated rings. The zero-order chi connectivity index (χ0) is 12.4. The number of nitrogens with zero attached hydrogens (tertiary/aromatic N) is 2. The van der Waals surface area contributed by atoms with Gasteiger partial charge >= 0.3 is 0 Å². The summed E-state index contributed by atoms with van der Waals surface area (Å²) >= 11 is 2.44. The highest BCUT2D eigenvalue weighted by Crippen LogP contribution is 2.21. The van der Waals surface area contributed by atoms with Crippen LogP contribution in [0.5, 0.6) is 0 Å². The number of nitrogen functional groups attached to an aromatic ring is 1. The van der Waals surface area contributed by atoms with Crippen LogP contribution in [0.2, 0.25) is 0 Å². The van der Waals surface area contributed by atoms with Crippen molar-refractivity contribution in [1.29, 1.82) is 0 Å². The monoisotopic (exact) mass is 282 g/mol. The van der Waals surface area contributed by atoms with Gasteiger partial charge in [0.15, 0.2) is 0 Å². The van der Waals surface area contributed by atoms with Crippen molar-refractivity contribution in [2.24, 2.45) is 0 Å². The van der Waals surface area contributed by atoms with E-state index in [1.165, 1.54) is 0 Å². The number of anilines is 1. The molecule has 3 N–H and O–H groups in total. The maximum atomic E-state index is 11.7. The first-order valence-electron chi connectivity index (χ1n) is 4.41. The van der Waals surface area contributed by atoms with Crippen molar-refractivity contribution in [3.63, 3.8) is 0 Å². The summed E-state index contributed by atoms with van der Waals surface area (Å²) in [5, 5.41) is 7.11. The van der Waals surface area contributed by atoms with Crippen molar-refractivity contribution < 1.29 is 8.42 Å². The fourth-order valence-corrected chi connectivity index (χ4v) is 3.08. The van der Waals surface area contributed by atoms with Gasteiger partial charge in [-0.1, -0.05) is 11.3 Å². The second-order valence-electron chi connectivity index (χ2n) is 3.69. The molecule has 0 aliphatic heterocycles. The molecule has 0 bridgehead atoms. The average molecular weight is 282 g/mol. The first-order valence-corrected chi connectivity index (χ1v) is 7.93. The van der Waals surface area contributed by atoms with Gasteiger partial charge in [-0.2, -0.15) is 11.8 Å². The van der Waals surface area contributed by atoms with Gasteiger partial charge in [-0.25, -0.2) is 13.1 Å². The fourth-order valence-electron chi connectivity index (χ4n) is 0.732. The molecule has 0 spiro atoms. The summed E-state index contributed by atoms with van der Waals surface area (Å²) in [4.78, 5) is 0. The maximum Gasteiger partial charge on any atom is 0.269 e. The molecule has 0 atom stereocenters. The lowest BCUT2D eigenvalue weighted by atomic mass is 10.2. The van der Waals surface area contributed by atoms with E-state index in [9.17, 15) is 8.42 Å². The minimum Gasteiger partial charge on any atom is -0.374 e. The number of aromatic nitrogens is 2. The summed E-state index contributed by atoms with van der Waals surface area (Å²) in [5.74, 6) is 0. The summed E-state index contributed by atoms with van der Waals surface area (Å²) in [6.45, 7) is 4.24. The predicted octanol–water partition coefficient (Wildman–Crippen LogP) is 0.540. The van der Waals surface area contributed by atoms with Crippen LogP contribution in [0.15, 0.2) is 4.34 Å². The SMILES string of the molecule is CSC(C)(C)CNS(=O)(=O)c1nnc(N)s1. The standard InChI is InChI=1S/C7H14N4O2S3/c1-7(2,14-3)4-9-16(12,13)6-11-10-5(8)15-6/h9H,4H2,1-3H3,(H2,8,10). The van der Waals surface area contributed by atoms with Crippen LogP contribution < -0.4 is 10.5 Å².